The lowest BCUT2D eigenvalue weighted by Crippen LogP contribution is -2.27. The summed E-state index contributed by atoms with van der Waals surface area (Å²) in [5.41, 5.74) is 1.24. The van der Waals surface area contributed by atoms with E-state index in [0.29, 0.717) is 5.78 Å². The van der Waals surface area contributed by atoms with Gasteiger partial charge in [0.25, 0.3) is 0 Å². The van der Waals surface area contributed by atoms with E-state index in [2.05, 4.69) is 0 Å². The molecule has 90 valence electrons. The Balaban J connectivity index is 2.00. The number of carbonyl (C=O) groups excluding carboxylic acids is 1. The highest BCUT2D eigenvalue weighted by molar-refractivity contribution is 6.05. The highest BCUT2D eigenvalue weighted by Crippen LogP contribution is 2.25. The van der Waals surface area contributed by atoms with Crippen LogP contribution in [0.25, 0.3) is 0 Å². The van der Waals surface area contributed by atoms with Crippen molar-refractivity contribution in [2.45, 2.75) is 64.2 Å². The van der Waals surface area contributed by atoms with Gasteiger partial charge in [-0.05, 0) is 32.1 Å². The van der Waals surface area contributed by atoms with E-state index in [1.54, 1.807) is 0 Å². The molecule has 0 bridgehead atoms. The molecule has 0 spiro atoms. The van der Waals surface area contributed by atoms with Crippen LogP contribution in [0.2, 0.25) is 0 Å². The van der Waals surface area contributed by atoms with Crippen LogP contribution in [0.5, 0.6) is 0 Å². The molecule has 0 N–H and O–H groups in total. The monoisotopic (exact) mass is 221 g/mol. The van der Waals surface area contributed by atoms with Gasteiger partial charge in [-0.2, -0.15) is 0 Å². The minimum absolute atomic E-state index is 0.201. The van der Waals surface area contributed by atoms with Crippen LogP contribution < -0.4 is 0 Å². The third-order valence-corrected chi connectivity index (χ3v) is 3.86. The van der Waals surface area contributed by atoms with Crippen molar-refractivity contribution in [2.24, 2.45) is 10.9 Å². The summed E-state index contributed by atoms with van der Waals surface area (Å²) in [6.07, 6.45) is 11.7. The van der Waals surface area contributed by atoms with E-state index in [-0.39, 0.29) is 5.92 Å². The van der Waals surface area contributed by atoms with Gasteiger partial charge in [0.1, 0.15) is 5.78 Å². The molecule has 2 nitrogen and oxygen atoms in total. The molecular weight excluding hydrogens is 198 g/mol. The largest absolute Gasteiger partial charge is 0.299 e. The average molecular weight is 221 g/mol. The third-order valence-electron chi connectivity index (χ3n) is 3.86. The second-order valence-electron chi connectivity index (χ2n) is 5.16. The lowest BCUT2D eigenvalue weighted by atomic mass is 9.83. The highest BCUT2D eigenvalue weighted by Gasteiger charge is 2.26. The summed E-state index contributed by atoms with van der Waals surface area (Å²) in [6, 6.07) is 0. The normalized spacial score (nSPS) is 28.9. The first kappa shape index (κ1) is 11.8. The van der Waals surface area contributed by atoms with Gasteiger partial charge >= 0.3 is 0 Å². The van der Waals surface area contributed by atoms with Gasteiger partial charge in [0.05, 0.1) is 5.92 Å². The van der Waals surface area contributed by atoms with Gasteiger partial charge in [0.2, 0.25) is 0 Å². The van der Waals surface area contributed by atoms with Gasteiger partial charge in [-0.3, -0.25) is 9.79 Å². The molecule has 0 unspecified atom stereocenters. The molecule has 1 saturated carbocycles. The fraction of sp³-hybridized carbons (Fsp3) is 0.857. The quantitative estimate of drug-likeness (QED) is 0.666. The van der Waals surface area contributed by atoms with Gasteiger partial charge in [-0.25, -0.2) is 0 Å². The maximum atomic E-state index is 11.9. The Morgan fingerprint density at radius 3 is 2.50 bits per heavy atom. The fourth-order valence-electron chi connectivity index (χ4n) is 2.87. The molecule has 1 atom stereocenters. The summed E-state index contributed by atoms with van der Waals surface area (Å²) in [4.78, 5) is 16.6. The van der Waals surface area contributed by atoms with Crippen molar-refractivity contribution in [3.05, 3.63) is 0 Å². The molecule has 0 aromatic rings. The fourth-order valence-corrected chi connectivity index (χ4v) is 2.87. The standard InChI is InChI=1S/C14H23NO/c16-14-10-6-5-8-12(14)13-9-4-2-1-3-7-11-15-13/h12H,1-11H2/t12-/m0/s1. The van der Waals surface area contributed by atoms with Gasteiger partial charge in [-0.15, -0.1) is 0 Å². The van der Waals surface area contributed by atoms with Crippen LogP contribution in [-0.4, -0.2) is 18.0 Å². The van der Waals surface area contributed by atoms with E-state index in [0.717, 1.165) is 32.2 Å². The molecule has 0 saturated heterocycles. The Labute approximate surface area is 98.5 Å². The van der Waals surface area contributed by atoms with Crippen molar-refractivity contribution < 1.29 is 4.79 Å². The zero-order valence-corrected chi connectivity index (χ0v) is 10.2. The molecule has 1 aliphatic carbocycles. The lowest BCUT2D eigenvalue weighted by Gasteiger charge is -2.22. The molecule has 16 heavy (non-hydrogen) atoms. The maximum Gasteiger partial charge on any atom is 0.141 e. The van der Waals surface area contributed by atoms with Crippen molar-refractivity contribution in [2.75, 3.05) is 6.54 Å². The van der Waals surface area contributed by atoms with Crippen molar-refractivity contribution >= 4 is 11.5 Å². The Morgan fingerprint density at radius 1 is 0.875 bits per heavy atom. The average Bonchev–Trinajstić information content (AvgIpc) is 2.43. The molecule has 1 aliphatic heterocycles. The van der Waals surface area contributed by atoms with Crippen LogP contribution in [0.4, 0.5) is 0 Å². The minimum atomic E-state index is 0.201. The van der Waals surface area contributed by atoms with Crippen molar-refractivity contribution in [3.63, 3.8) is 0 Å². The number of aliphatic imine (C=N–C) groups is 1. The molecule has 0 aromatic heterocycles. The number of nitrogens with zero attached hydrogens (tertiary/aromatic N) is 1. The first-order chi connectivity index (χ1) is 7.88. The number of ketones is 1. The predicted octanol–water partition coefficient (Wildman–Crippen LogP) is 3.54. The van der Waals surface area contributed by atoms with Crippen LogP contribution in [0.1, 0.15) is 64.2 Å². The van der Waals surface area contributed by atoms with Crippen molar-refractivity contribution in [3.8, 4) is 0 Å². The molecular formula is C14H23NO. The molecule has 0 amide bonds. The van der Waals surface area contributed by atoms with Crippen LogP contribution in [0, 0.1) is 5.92 Å². The van der Waals surface area contributed by atoms with E-state index in [9.17, 15) is 4.79 Å². The number of hydrogen-bond donors (Lipinski definition) is 0. The minimum Gasteiger partial charge on any atom is -0.299 e. The Morgan fingerprint density at radius 2 is 1.62 bits per heavy atom. The molecule has 1 fully saturated rings. The van der Waals surface area contributed by atoms with Crippen LogP contribution in [0.3, 0.4) is 0 Å². The van der Waals surface area contributed by atoms with Crippen LogP contribution in [0.15, 0.2) is 4.99 Å². The van der Waals surface area contributed by atoms with Gasteiger partial charge in [-0.1, -0.05) is 25.7 Å². The Hall–Kier alpha value is -0.660. The summed E-state index contributed by atoms with van der Waals surface area (Å²) in [6.45, 7) is 0.957. The topological polar surface area (TPSA) is 29.4 Å². The van der Waals surface area contributed by atoms with Crippen molar-refractivity contribution in [1.29, 1.82) is 0 Å². The van der Waals surface area contributed by atoms with E-state index in [1.165, 1.54) is 44.2 Å². The lowest BCUT2D eigenvalue weighted by molar-refractivity contribution is -0.122. The second kappa shape index (κ2) is 6.17. The predicted molar refractivity (Wildman–Crippen MR) is 67.0 cm³/mol. The van der Waals surface area contributed by atoms with Crippen LogP contribution >= 0.6 is 0 Å². The second-order valence-corrected chi connectivity index (χ2v) is 5.16. The SMILES string of the molecule is O=C1CCCC[C@H]1C1=NCCCCCCC1. The van der Waals surface area contributed by atoms with E-state index in [4.69, 9.17) is 4.99 Å². The summed E-state index contributed by atoms with van der Waals surface area (Å²) < 4.78 is 0. The van der Waals surface area contributed by atoms with Gasteiger partial charge < -0.3 is 0 Å². The Kier molecular flexibility index (Phi) is 4.55. The molecule has 0 radical (unpaired) electrons. The van der Waals surface area contributed by atoms with Crippen molar-refractivity contribution in [1.82, 2.24) is 0 Å². The van der Waals surface area contributed by atoms with E-state index < -0.39 is 0 Å². The molecule has 1 heterocycles. The smallest absolute Gasteiger partial charge is 0.141 e. The molecule has 2 rings (SSSR count). The third kappa shape index (κ3) is 3.16. The Bertz CT molecular complexity index is 270. The zero-order chi connectivity index (χ0) is 11.2. The van der Waals surface area contributed by atoms with Crippen LogP contribution in [-0.2, 0) is 4.79 Å². The zero-order valence-electron chi connectivity index (χ0n) is 10.2. The number of Topliss-reactive ketones (excluding diaryl/α,β-unsaturated/α-hetero) is 1. The van der Waals surface area contributed by atoms with Gasteiger partial charge in [0, 0.05) is 18.7 Å². The maximum absolute atomic E-state index is 11.9. The number of carbonyl (C=O) groups is 1. The highest BCUT2D eigenvalue weighted by atomic mass is 16.1. The van der Waals surface area contributed by atoms with E-state index in [1.807, 2.05) is 0 Å². The first-order valence-electron chi connectivity index (χ1n) is 6.94. The summed E-state index contributed by atoms with van der Waals surface area (Å²) in [5.74, 6) is 0.663. The summed E-state index contributed by atoms with van der Waals surface area (Å²) in [5, 5.41) is 0. The number of rotatable bonds is 1. The molecule has 0 aromatic carbocycles. The number of hydrogen-bond acceptors (Lipinski definition) is 2. The van der Waals surface area contributed by atoms with E-state index >= 15 is 0 Å². The molecule has 2 heteroatoms. The molecule has 2 aliphatic rings. The summed E-state index contributed by atoms with van der Waals surface area (Å²) in [7, 11) is 0. The van der Waals surface area contributed by atoms with Gasteiger partial charge in [0.15, 0.2) is 0 Å². The summed E-state index contributed by atoms with van der Waals surface area (Å²) >= 11 is 0. The first-order valence-corrected chi connectivity index (χ1v) is 6.94.